The summed E-state index contributed by atoms with van der Waals surface area (Å²) in [6.07, 6.45) is 2.26. The second-order valence-corrected chi connectivity index (χ2v) is 17.8. The van der Waals surface area contributed by atoms with Crippen molar-refractivity contribution >= 4 is 65.0 Å². The van der Waals surface area contributed by atoms with Crippen LogP contribution in [0.15, 0.2) is 24.3 Å². The molecule has 1 aliphatic rings. The van der Waals surface area contributed by atoms with Gasteiger partial charge in [0.05, 0.1) is 18.9 Å². The predicted octanol–water partition coefficient (Wildman–Crippen LogP) is 0.912. The summed E-state index contributed by atoms with van der Waals surface area (Å²) in [5, 5.41) is 42.9. The number of primary amides is 1. The number of hydrogen-bond donors (Lipinski definition) is 10. The number of carboxylic acid groups (broad SMARTS) is 3. The van der Waals surface area contributed by atoms with Crippen LogP contribution in [0.5, 0.6) is 0 Å². The molecule has 366 valence electrons. The fourth-order valence-electron chi connectivity index (χ4n) is 7.50. The number of nitrogens with one attached hydrogen (secondary N) is 6. The molecular weight excluding hydrogens is 863 g/mol. The van der Waals surface area contributed by atoms with Crippen LogP contribution in [0.25, 0.3) is 0 Å². The Hall–Kier alpha value is -6.41. The highest BCUT2D eigenvalue weighted by Crippen LogP contribution is 2.28. The quantitative estimate of drug-likeness (QED) is 0.0523. The molecule has 0 aromatic heterocycles. The Morgan fingerprint density at radius 3 is 1.74 bits per heavy atom. The summed E-state index contributed by atoms with van der Waals surface area (Å²) < 4.78 is 0. The van der Waals surface area contributed by atoms with Gasteiger partial charge in [-0.2, -0.15) is 0 Å². The monoisotopic (exact) mass is 929 g/mol. The van der Waals surface area contributed by atoms with Gasteiger partial charge in [-0.3, -0.25) is 52.7 Å². The molecule has 0 bridgehead atoms. The second-order valence-electron chi connectivity index (χ2n) is 17.8. The van der Waals surface area contributed by atoms with Crippen LogP contribution in [-0.4, -0.2) is 117 Å². The van der Waals surface area contributed by atoms with E-state index < -0.39 is 139 Å². The van der Waals surface area contributed by atoms with Crippen LogP contribution in [-0.2, 0) is 59.2 Å². The van der Waals surface area contributed by atoms with Gasteiger partial charge in [0.15, 0.2) is 0 Å². The average molecular weight is 930 g/mol. The molecule has 0 radical (unpaired) electrons. The van der Waals surface area contributed by atoms with E-state index in [0.717, 1.165) is 32.1 Å². The van der Waals surface area contributed by atoms with E-state index in [1.807, 2.05) is 6.92 Å². The first-order valence-corrected chi connectivity index (χ1v) is 22.3. The fraction of sp³-hybridized carbons (Fsp3) is 0.622. The van der Waals surface area contributed by atoms with Crippen molar-refractivity contribution in [1.29, 1.82) is 0 Å². The number of benzene rings is 1. The Balaban J connectivity index is 2.52. The van der Waals surface area contributed by atoms with Crippen LogP contribution < -0.4 is 37.6 Å². The maximum absolute atomic E-state index is 14.4. The third-order valence-corrected chi connectivity index (χ3v) is 11.3. The SMILES string of the molecule is CCCCC(NC(=O)[C@H](CC1CCCCC1)NC(=O)[C@@H](NC(=O)[C@H](Cc1ccccc1C)NC(=O)[C@H](CCC(=O)O)NC(=O)[C@H](CC(=O)O)NC(=O)CCC(=O)O)C(C)(C)C)C(=O)C(N)=O. The number of aryl methyl sites for hydroxylation is 1. The minimum atomic E-state index is -1.81. The summed E-state index contributed by atoms with van der Waals surface area (Å²) in [4.78, 5) is 141. The van der Waals surface area contributed by atoms with Crippen LogP contribution in [0, 0.1) is 18.3 Å². The Bertz CT molecular complexity index is 1930. The number of unbranched alkanes of at least 4 members (excludes halogenated alkanes) is 1. The third-order valence-electron chi connectivity index (χ3n) is 11.3. The van der Waals surface area contributed by atoms with Crippen molar-refractivity contribution in [2.45, 2.75) is 167 Å². The largest absolute Gasteiger partial charge is 0.481 e. The van der Waals surface area contributed by atoms with E-state index in [1.54, 1.807) is 52.0 Å². The maximum Gasteiger partial charge on any atom is 0.305 e. The lowest BCUT2D eigenvalue weighted by atomic mass is 9.83. The number of carbonyl (C=O) groups is 11. The first-order valence-electron chi connectivity index (χ1n) is 22.3. The molecule has 1 aromatic carbocycles. The maximum atomic E-state index is 14.4. The van der Waals surface area contributed by atoms with Crippen LogP contribution in [0.2, 0.25) is 0 Å². The molecule has 66 heavy (non-hydrogen) atoms. The molecule has 0 spiro atoms. The highest BCUT2D eigenvalue weighted by atomic mass is 16.4. The molecule has 1 aromatic rings. The van der Waals surface area contributed by atoms with Crippen molar-refractivity contribution in [3.63, 3.8) is 0 Å². The van der Waals surface area contributed by atoms with Crippen molar-refractivity contribution in [3.05, 3.63) is 35.4 Å². The molecule has 6 atom stereocenters. The van der Waals surface area contributed by atoms with Crippen molar-refractivity contribution in [3.8, 4) is 0 Å². The molecule has 1 fully saturated rings. The molecule has 0 saturated heterocycles. The molecule has 0 heterocycles. The summed E-state index contributed by atoms with van der Waals surface area (Å²) in [6, 6.07) is -1.92. The van der Waals surface area contributed by atoms with Gasteiger partial charge in [0.2, 0.25) is 41.2 Å². The standard InChI is InChI=1S/C45H67N7O14/c1-6-7-17-28(37(60)39(46)61)48-41(63)30(22-26-14-9-8-10-15-26)51-44(66)38(45(3,4)5)52-43(65)31(23-27-16-12-11-13-25(27)2)50-40(62)29(18-20-34(54)55)49-42(64)32(24-36(58)59)47-33(53)19-21-35(56)57/h11-13,16,26,28-32,38H,6-10,14-15,17-24H2,1-5H3,(H2,46,61)(H,47,53)(H,48,63)(H,49,64)(H,50,62)(H,51,66)(H,52,65)(H,54,55)(H,56,57)(H,58,59)/t28?,29-,30-,31-,32-,38+/m0/s1. The molecular formula is C45H67N7O14. The van der Waals surface area contributed by atoms with Crippen LogP contribution in [0.1, 0.15) is 129 Å². The number of amides is 7. The smallest absolute Gasteiger partial charge is 0.305 e. The van der Waals surface area contributed by atoms with Crippen molar-refractivity contribution in [2.24, 2.45) is 17.1 Å². The number of carbonyl (C=O) groups excluding carboxylic acids is 8. The number of hydrogen-bond acceptors (Lipinski definition) is 11. The first-order chi connectivity index (χ1) is 30.9. The Labute approximate surface area is 383 Å². The number of nitrogens with two attached hydrogens (primary N) is 1. The molecule has 2 rings (SSSR count). The predicted molar refractivity (Wildman–Crippen MR) is 237 cm³/mol. The van der Waals surface area contributed by atoms with Crippen LogP contribution >= 0.6 is 0 Å². The van der Waals surface area contributed by atoms with Gasteiger partial charge in [-0.15, -0.1) is 0 Å². The molecule has 11 N–H and O–H groups in total. The topological polar surface area (TPSA) is 347 Å². The van der Waals surface area contributed by atoms with E-state index in [9.17, 15) is 63.0 Å². The first kappa shape index (κ1) is 55.7. The molecule has 7 amide bonds. The van der Waals surface area contributed by atoms with E-state index in [-0.39, 0.29) is 25.2 Å². The highest BCUT2D eigenvalue weighted by Gasteiger charge is 2.39. The lowest BCUT2D eigenvalue weighted by molar-refractivity contribution is -0.142. The van der Waals surface area contributed by atoms with Crippen molar-refractivity contribution < 1.29 is 68.1 Å². The molecule has 0 aliphatic heterocycles. The number of ketones is 1. The van der Waals surface area contributed by atoms with Gasteiger partial charge in [-0.1, -0.05) is 96.9 Å². The third kappa shape index (κ3) is 19.8. The summed E-state index contributed by atoms with van der Waals surface area (Å²) in [5.74, 6) is -12.0. The Kier molecular flexibility index (Phi) is 22.9. The van der Waals surface area contributed by atoms with Crippen molar-refractivity contribution in [2.75, 3.05) is 0 Å². The lowest BCUT2D eigenvalue weighted by Crippen LogP contribution is -2.62. The minimum Gasteiger partial charge on any atom is -0.481 e. The van der Waals surface area contributed by atoms with Gasteiger partial charge in [0.25, 0.3) is 5.91 Å². The zero-order chi connectivity index (χ0) is 49.7. The zero-order valence-corrected chi connectivity index (χ0v) is 38.4. The summed E-state index contributed by atoms with van der Waals surface area (Å²) >= 11 is 0. The fourth-order valence-corrected chi connectivity index (χ4v) is 7.50. The molecule has 1 aliphatic carbocycles. The second kappa shape index (κ2) is 27.2. The molecule has 21 heteroatoms. The average Bonchev–Trinajstić information content (AvgIpc) is 3.23. The molecule has 1 saturated carbocycles. The van der Waals surface area contributed by atoms with Crippen molar-refractivity contribution in [1.82, 2.24) is 31.9 Å². The van der Waals surface area contributed by atoms with Gasteiger partial charge in [-0.25, -0.2) is 0 Å². The summed E-state index contributed by atoms with van der Waals surface area (Å²) in [7, 11) is 0. The Morgan fingerprint density at radius 1 is 0.636 bits per heavy atom. The minimum absolute atomic E-state index is 0.0364. The van der Waals surface area contributed by atoms with E-state index in [4.69, 9.17) is 10.8 Å². The van der Waals surface area contributed by atoms with Gasteiger partial charge in [-0.05, 0) is 48.6 Å². The molecule has 1 unspecified atom stereocenters. The lowest BCUT2D eigenvalue weighted by Gasteiger charge is -2.34. The number of rotatable bonds is 28. The van der Waals surface area contributed by atoms with Gasteiger partial charge >= 0.3 is 17.9 Å². The molecule has 21 nitrogen and oxygen atoms in total. The normalized spacial score (nSPS) is 15.5. The van der Waals surface area contributed by atoms with Gasteiger partial charge < -0.3 is 53.0 Å². The highest BCUT2D eigenvalue weighted by molar-refractivity contribution is 6.37. The van der Waals surface area contributed by atoms with E-state index >= 15 is 0 Å². The number of aliphatic carboxylic acids is 3. The van der Waals surface area contributed by atoms with E-state index in [1.165, 1.54) is 0 Å². The Morgan fingerprint density at radius 2 is 1.18 bits per heavy atom. The van der Waals surface area contributed by atoms with E-state index in [0.29, 0.717) is 24.0 Å². The number of Topliss-reactive ketones (excluding diaryl/α,β-unsaturated/α-hetero) is 1. The van der Waals surface area contributed by atoms with Crippen LogP contribution in [0.3, 0.4) is 0 Å². The van der Waals surface area contributed by atoms with Crippen LogP contribution in [0.4, 0.5) is 0 Å². The summed E-state index contributed by atoms with van der Waals surface area (Å²) in [5.41, 5.74) is 5.55. The number of carboxylic acids is 3. The zero-order valence-electron chi connectivity index (χ0n) is 38.4. The van der Waals surface area contributed by atoms with Gasteiger partial charge in [0, 0.05) is 19.3 Å². The van der Waals surface area contributed by atoms with E-state index in [2.05, 4.69) is 31.9 Å². The van der Waals surface area contributed by atoms with Gasteiger partial charge in [0.1, 0.15) is 30.2 Å². The summed E-state index contributed by atoms with van der Waals surface area (Å²) in [6.45, 7) is 8.58.